The molecular weight excluding hydrogens is 344 g/mol. The highest BCUT2D eigenvalue weighted by molar-refractivity contribution is 6.06. The third kappa shape index (κ3) is 4.35. The molecule has 0 aromatic heterocycles. The highest BCUT2D eigenvalue weighted by Gasteiger charge is 2.15. The quantitative estimate of drug-likeness (QED) is 0.873. The summed E-state index contributed by atoms with van der Waals surface area (Å²) in [6, 6.07) is 10.7. The van der Waals surface area contributed by atoms with Gasteiger partial charge in [-0.2, -0.15) is 0 Å². The lowest BCUT2D eigenvalue weighted by Crippen LogP contribution is -2.16. The van der Waals surface area contributed by atoms with Gasteiger partial charge in [-0.1, -0.05) is 0 Å². The van der Waals surface area contributed by atoms with E-state index in [-0.39, 0.29) is 18.3 Å². The van der Waals surface area contributed by atoms with Crippen LogP contribution in [0.15, 0.2) is 36.4 Å². The fraction of sp³-hybridized carbons (Fsp3) is 0.278. The molecule has 1 heterocycles. The van der Waals surface area contributed by atoms with Gasteiger partial charge in [-0.05, 0) is 36.4 Å². The van der Waals surface area contributed by atoms with E-state index in [0.29, 0.717) is 35.9 Å². The molecule has 0 saturated heterocycles. The predicted octanol–water partition coefficient (Wildman–Crippen LogP) is 2.86. The minimum absolute atomic E-state index is 0. The van der Waals surface area contributed by atoms with E-state index in [1.165, 1.54) is 7.11 Å². The second-order valence-corrected chi connectivity index (χ2v) is 5.37. The van der Waals surface area contributed by atoms with E-state index in [9.17, 15) is 4.79 Å². The van der Waals surface area contributed by atoms with Gasteiger partial charge in [0.2, 0.25) is 0 Å². The van der Waals surface area contributed by atoms with Crippen molar-refractivity contribution in [2.45, 2.75) is 6.54 Å². The molecule has 0 fully saturated rings. The number of anilines is 1. The molecule has 1 aliphatic rings. The lowest BCUT2D eigenvalue weighted by Gasteiger charge is -2.12. The zero-order valence-corrected chi connectivity index (χ0v) is 14.9. The van der Waals surface area contributed by atoms with Crippen LogP contribution in [-0.2, 0) is 6.54 Å². The lowest BCUT2D eigenvalue weighted by atomic mass is 10.1. The Bertz CT molecular complexity index is 752. The lowest BCUT2D eigenvalue weighted by molar-refractivity contribution is 0.102. The van der Waals surface area contributed by atoms with Gasteiger partial charge >= 0.3 is 0 Å². The molecule has 0 radical (unpaired) electrons. The summed E-state index contributed by atoms with van der Waals surface area (Å²) in [5.74, 6) is 1.68. The van der Waals surface area contributed by atoms with E-state index >= 15 is 0 Å². The molecular formula is C18H21ClN2O4. The number of benzene rings is 2. The summed E-state index contributed by atoms with van der Waals surface area (Å²) in [6.45, 7) is 2.15. The monoisotopic (exact) mass is 364 g/mol. The molecule has 0 aliphatic carbocycles. The average Bonchev–Trinajstić information content (AvgIpc) is 2.86. The summed E-state index contributed by atoms with van der Waals surface area (Å²) in [5.41, 5.74) is 2.14. The van der Waals surface area contributed by atoms with Gasteiger partial charge in [0.25, 0.3) is 5.91 Å². The number of fused-ring (bicyclic) bond motifs is 1. The first kappa shape index (κ1) is 18.9. The molecule has 0 saturated carbocycles. The molecule has 2 aromatic carbocycles. The molecule has 6 nitrogen and oxygen atoms in total. The standard InChI is InChI=1S/C18H20N2O4.ClH/c1-22-14-4-6-17(23-2)15(10-14)18(21)20-13-3-5-16-12(9-13)11-19-7-8-24-16;/h3-6,9-10,19H,7-8,11H2,1-2H3,(H,20,21);1H. The highest BCUT2D eigenvalue weighted by Crippen LogP contribution is 2.27. The van der Waals surface area contributed by atoms with Crippen LogP contribution < -0.4 is 24.8 Å². The normalized spacial score (nSPS) is 12.7. The Balaban J connectivity index is 0.00000225. The van der Waals surface area contributed by atoms with Crippen molar-refractivity contribution >= 4 is 24.0 Å². The van der Waals surface area contributed by atoms with Gasteiger partial charge in [-0.3, -0.25) is 4.79 Å². The van der Waals surface area contributed by atoms with Gasteiger partial charge in [0, 0.05) is 24.3 Å². The maximum atomic E-state index is 12.6. The van der Waals surface area contributed by atoms with Gasteiger partial charge in [0.05, 0.1) is 19.8 Å². The Morgan fingerprint density at radius 1 is 1.16 bits per heavy atom. The molecule has 1 aliphatic heterocycles. The van der Waals surface area contributed by atoms with E-state index in [1.807, 2.05) is 18.2 Å². The van der Waals surface area contributed by atoms with Crippen LogP contribution in [0.1, 0.15) is 15.9 Å². The minimum atomic E-state index is -0.256. The summed E-state index contributed by atoms with van der Waals surface area (Å²) in [4.78, 5) is 12.6. The fourth-order valence-corrected chi connectivity index (χ4v) is 2.58. The molecule has 2 N–H and O–H groups in total. The van der Waals surface area contributed by atoms with Crippen LogP contribution in [0.2, 0.25) is 0 Å². The topological polar surface area (TPSA) is 68.8 Å². The number of nitrogens with one attached hydrogen (secondary N) is 2. The number of methoxy groups -OCH3 is 2. The van der Waals surface area contributed by atoms with E-state index in [4.69, 9.17) is 14.2 Å². The Hall–Kier alpha value is -2.44. The van der Waals surface area contributed by atoms with Crippen molar-refractivity contribution in [1.82, 2.24) is 5.32 Å². The summed E-state index contributed by atoms with van der Waals surface area (Å²) in [5, 5.41) is 6.17. The average molecular weight is 365 g/mol. The number of hydrogen-bond donors (Lipinski definition) is 2. The van der Waals surface area contributed by atoms with Gasteiger partial charge in [0.1, 0.15) is 23.9 Å². The fourth-order valence-electron chi connectivity index (χ4n) is 2.58. The van der Waals surface area contributed by atoms with Crippen LogP contribution in [0, 0.1) is 0 Å². The van der Waals surface area contributed by atoms with Crippen molar-refractivity contribution in [3.05, 3.63) is 47.5 Å². The van der Waals surface area contributed by atoms with Crippen LogP contribution in [0.4, 0.5) is 5.69 Å². The molecule has 7 heteroatoms. The molecule has 0 atom stereocenters. The van der Waals surface area contributed by atoms with Crippen molar-refractivity contribution in [2.24, 2.45) is 0 Å². The van der Waals surface area contributed by atoms with Gasteiger partial charge < -0.3 is 24.8 Å². The number of halogens is 1. The predicted molar refractivity (Wildman–Crippen MR) is 98.4 cm³/mol. The minimum Gasteiger partial charge on any atom is -0.497 e. The SMILES string of the molecule is COc1ccc(OC)c(C(=O)Nc2ccc3c(c2)CNCCO3)c1.Cl. The van der Waals surface area contributed by atoms with Crippen molar-refractivity contribution in [3.63, 3.8) is 0 Å². The van der Waals surface area contributed by atoms with Crippen LogP contribution in [0.25, 0.3) is 0 Å². The van der Waals surface area contributed by atoms with Crippen molar-refractivity contribution in [1.29, 1.82) is 0 Å². The second kappa shape index (κ2) is 8.60. The first-order chi connectivity index (χ1) is 11.7. The van der Waals surface area contributed by atoms with Gasteiger partial charge in [-0.15, -0.1) is 12.4 Å². The highest BCUT2D eigenvalue weighted by atomic mass is 35.5. The summed E-state index contributed by atoms with van der Waals surface area (Å²) in [6.07, 6.45) is 0. The summed E-state index contributed by atoms with van der Waals surface area (Å²) in [7, 11) is 3.09. The van der Waals surface area contributed by atoms with Crippen molar-refractivity contribution in [2.75, 3.05) is 32.7 Å². The summed E-state index contributed by atoms with van der Waals surface area (Å²) < 4.78 is 16.1. The second-order valence-electron chi connectivity index (χ2n) is 5.37. The number of rotatable bonds is 4. The maximum Gasteiger partial charge on any atom is 0.259 e. The van der Waals surface area contributed by atoms with Crippen LogP contribution in [0.5, 0.6) is 17.2 Å². The zero-order chi connectivity index (χ0) is 16.9. The zero-order valence-electron chi connectivity index (χ0n) is 14.1. The Morgan fingerprint density at radius 3 is 2.76 bits per heavy atom. The smallest absolute Gasteiger partial charge is 0.259 e. The van der Waals surface area contributed by atoms with Crippen molar-refractivity contribution < 1.29 is 19.0 Å². The third-order valence-electron chi connectivity index (χ3n) is 3.82. The van der Waals surface area contributed by atoms with Crippen LogP contribution >= 0.6 is 12.4 Å². The van der Waals surface area contributed by atoms with Crippen molar-refractivity contribution in [3.8, 4) is 17.2 Å². The number of hydrogen-bond acceptors (Lipinski definition) is 5. The number of ether oxygens (including phenoxy) is 3. The largest absolute Gasteiger partial charge is 0.497 e. The van der Waals surface area contributed by atoms with Gasteiger partial charge in [-0.25, -0.2) is 0 Å². The van der Waals surface area contributed by atoms with Crippen LogP contribution in [0.3, 0.4) is 0 Å². The van der Waals surface area contributed by atoms with E-state index in [0.717, 1.165) is 17.9 Å². The molecule has 0 bridgehead atoms. The molecule has 134 valence electrons. The number of amides is 1. The molecule has 3 rings (SSSR count). The van der Waals surface area contributed by atoms with Crippen LogP contribution in [-0.4, -0.2) is 33.3 Å². The first-order valence-electron chi connectivity index (χ1n) is 7.71. The Labute approximate surface area is 152 Å². The van der Waals surface area contributed by atoms with E-state index in [1.54, 1.807) is 25.3 Å². The summed E-state index contributed by atoms with van der Waals surface area (Å²) >= 11 is 0. The molecule has 1 amide bonds. The number of carbonyl (C=O) groups excluding carboxylic acids is 1. The first-order valence-corrected chi connectivity index (χ1v) is 7.71. The van der Waals surface area contributed by atoms with E-state index < -0.39 is 0 Å². The number of carbonyl (C=O) groups is 1. The molecule has 0 spiro atoms. The Kier molecular flexibility index (Phi) is 6.50. The van der Waals surface area contributed by atoms with E-state index in [2.05, 4.69) is 10.6 Å². The maximum absolute atomic E-state index is 12.6. The molecule has 0 unspecified atom stereocenters. The van der Waals surface area contributed by atoms with Gasteiger partial charge in [0.15, 0.2) is 0 Å². The third-order valence-corrected chi connectivity index (χ3v) is 3.82. The molecule has 25 heavy (non-hydrogen) atoms. The Morgan fingerprint density at radius 2 is 2.00 bits per heavy atom. The molecule has 2 aromatic rings.